The van der Waals surface area contributed by atoms with Gasteiger partial charge in [-0.25, -0.2) is 9.50 Å². The highest BCUT2D eigenvalue weighted by Gasteiger charge is 2.12. The Bertz CT molecular complexity index is 1180. The number of carbonyl (C=O) groups excluding carboxylic acids is 2. The summed E-state index contributed by atoms with van der Waals surface area (Å²) in [5, 5.41) is 11.8. The molecule has 3 aromatic heterocycles. The van der Waals surface area contributed by atoms with Crippen LogP contribution >= 0.6 is 11.3 Å². The fourth-order valence-corrected chi connectivity index (χ4v) is 3.49. The molecule has 0 saturated heterocycles. The number of hydrogen-bond acceptors (Lipinski definition) is 6. The van der Waals surface area contributed by atoms with Crippen LogP contribution in [0.1, 0.15) is 26.9 Å². The number of rotatable bonds is 5. The number of nitrogens with zero attached hydrogens (tertiary/aromatic N) is 4. The molecule has 4 aromatic rings. The molecule has 2 amide bonds. The van der Waals surface area contributed by atoms with Crippen LogP contribution < -0.4 is 10.6 Å². The molecule has 0 aliphatic carbocycles. The maximum absolute atomic E-state index is 12.3. The van der Waals surface area contributed by atoms with Crippen LogP contribution in [0.15, 0.2) is 47.8 Å². The Hall–Kier alpha value is -3.59. The fourth-order valence-electron chi connectivity index (χ4n) is 2.87. The van der Waals surface area contributed by atoms with Gasteiger partial charge in [-0.15, -0.1) is 16.4 Å². The molecule has 0 aliphatic heterocycles. The van der Waals surface area contributed by atoms with Gasteiger partial charge in [0.25, 0.3) is 11.7 Å². The molecule has 0 aliphatic rings. The van der Waals surface area contributed by atoms with Crippen molar-refractivity contribution in [1.82, 2.24) is 19.6 Å². The summed E-state index contributed by atoms with van der Waals surface area (Å²) in [6, 6.07) is 12.4. The summed E-state index contributed by atoms with van der Waals surface area (Å²) in [5.74, 6) is 0.499. The third-order valence-electron chi connectivity index (χ3n) is 4.15. The Morgan fingerprint density at radius 3 is 2.45 bits per heavy atom. The molecule has 0 unspecified atom stereocenters. The van der Waals surface area contributed by atoms with E-state index in [0.29, 0.717) is 27.9 Å². The minimum atomic E-state index is -0.231. The van der Waals surface area contributed by atoms with E-state index in [1.54, 1.807) is 34.8 Å². The smallest absolute Gasteiger partial charge is 0.265 e. The topological polar surface area (TPSA) is 101 Å². The van der Waals surface area contributed by atoms with E-state index >= 15 is 0 Å². The van der Waals surface area contributed by atoms with Crippen molar-refractivity contribution in [3.63, 3.8) is 0 Å². The number of anilines is 2. The van der Waals surface area contributed by atoms with E-state index in [9.17, 15) is 9.59 Å². The Morgan fingerprint density at radius 2 is 1.76 bits per heavy atom. The molecule has 2 N–H and O–H groups in total. The van der Waals surface area contributed by atoms with E-state index in [2.05, 4.69) is 25.7 Å². The van der Waals surface area contributed by atoms with Gasteiger partial charge >= 0.3 is 0 Å². The van der Waals surface area contributed by atoms with Crippen LogP contribution in [0.5, 0.6) is 0 Å². The minimum Gasteiger partial charge on any atom is -0.326 e. The third kappa shape index (κ3) is 4.30. The molecule has 4 rings (SSSR count). The van der Waals surface area contributed by atoms with Crippen LogP contribution in [0.4, 0.5) is 11.4 Å². The lowest BCUT2D eigenvalue weighted by molar-refractivity contribution is -0.115. The lowest BCUT2D eigenvalue weighted by Gasteiger charge is -2.07. The first-order chi connectivity index (χ1) is 14.0. The lowest BCUT2D eigenvalue weighted by Crippen LogP contribution is -2.15. The van der Waals surface area contributed by atoms with Gasteiger partial charge in [-0.1, -0.05) is 6.07 Å². The molecular weight excluding hydrogens is 388 g/mol. The summed E-state index contributed by atoms with van der Waals surface area (Å²) < 4.78 is 1.63. The van der Waals surface area contributed by atoms with Crippen molar-refractivity contribution in [2.45, 2.75) is 20.3 Å². The summed E-state index contributed by atoms with van der Waals surface area (Å²) in [6.45, 7) is 3.81. The molecule has 0 fully saturated rings. The average Bonchev–Trinajstić information content (AvgIpc) is 3.33. The van der Waals surface area contributed by atoms with Crippen LogP contribution in [0, 0.1) is 13.8 Å². The largest absolute Gasteiger partial charge is 0.326 e. The van der Waals surface area contributed by atoms with Crippen molar-refractivity contribution >= 4 is 40.3 Å². The maximum Gasteiger partial charge on any atom is 0.265 e. The molecule has 9 heteroatoms. The molecule has 0 saturated carbocycles. The Morgan fingerprint density at radius 1 is 1.03 bits per heavy atom. The highest BCUT2D eigenvalue weighted by Crippen LogP contribution is 2.16. The summed E-state index contributed by atoms with van der Waals surface area (Å²) in [7, 11) is 0. The van der Waals surface area contributed by atoms with Crippen molar-refractivity contribution < 1.29 is 9.59 Å². The number of carbonyl (C=O) groups is 2. The van der Waals surface area contributed by atoms with Crippen molar-refractivity contribution in [3.05, 3.63) is 69.9 Å². The van der Waals surface area contributed by atoms with Gasteiger partial charge in [0.2, 0.25) is 5.91 Å². The van der Waals surface area contributed by atoms with E-state index in [-0.39, 0.29) is 18.2 Å². The molecule has 146 valence electrons. The first-order valence-electron chi connectivity index (χ1n) is 8.92. The molecule has 1 aromatic carbocycles. The van der Waals surface area contributed by atoms with Gasteiger partial charge in [0.15, 0.2) is 5.82 Å². The second-order valence-electron chi connectivity index (χ2n) is 6.51. The van der Waals surface area contributed by atoms with E-state index in [0.717, 1.165) is 11.4 Å². The highest BCUT2D eigenvalue weighted by molar-refractivity contribution is 7.12. The van der Waals surface area contributed by atoms with Gasteiger partial charge in [0.05, 0.1) is 11.3 Å². The zero-order valence-corrected chi connectivity index (χ0v) is 16.7. The molecule has 0 bridgehead atoms. The zero-order valence-electron chi connectivity index (χ0n) is 15.8. The molecule has 29 heavy (non-hydrogen) atoms. The molecule has 3 heterocycles. The van der Waals surface area contributed by atoms with Crippen LogP contribution in [-0.2, 0) is 11.2 Å². The van der Waals surface area contributed by atoms with Gasteiger partial charge in [-0.2, -0.15) is 4.98 Å². The quantitative estimate of drug-likeness (QED) is 0.530. The Kier molecular flexibility index (Phi) is 5.05. The maximum atomic E-state index is 12.3. The van der Waals surface area contributed by atoms with Crippen molar-refractivity contribution in [1.29, 1.82) is 0 Å². The van der Waals surface area contributed by atoms with E-state index in [4.69, 9.17) is 0 Å². The number of aromatic nitrogens is 4. The predicted molar refractivity (Wildman–Crippen MR) is 111 cm³/mol. The molecular formula is C20H18N6O2S. The van der Waals surface area contributed by atoms with E-state index < -0.39 is 0 Å². The van der Waals surface area contributed by atoms with E-state index in [1.807, 2.05) is 31.4 Å². The number of benzene rings is 1. The normalized spacial score (nSPS) is 10.8. The van der Waals surface area contributed by atoms with Gasteiger partial charge in [0.1, 0.15) is 0 Å². The molecule has 8 nitrogen and oxygen atoms in total. The predicted octanol–water partition coefficient (Wildman–Crippen LogP) is 3.24. The zero-order chi connectivity index (χ0) is 20.4. The molecule has 0 atom stereocenters. The molecule has 0 spiro atoms. The lowest BCUT2D eigenvalue weighted by atomic mass is 10.2. The first kappa shape index (κ1) is 18.8. The SMILES string of the molecule is Cc1cc(C)n2nc(CC(=O)Nc3ccc(NC(=O)c4cccs4)cc3)nc2n1. The Labute approximate surface area is 170 Å². The van der Waals surface area contributed by atoms with Crippen LogP contribution in [0.2, 0.25) is 0 Å². The summed E-state index contributed by atoms with van der Waals surface area (Å²) >= 11 is 1.38. The van der Waals surface area contributed by atoms with Crippen LogP contribution in [0.3, 0.4) is 0 Å². The standard InChI is InChI=1S/C20H18N6O2S/c1-12-10-13(2)26-20(21-12)24-17(25-26)11-18(27)22-14-5-7-15(8-6-14)23-19(28)16-4-3-9-29-16/h3-10H,11H2,1-2H3,(H,22,27)(H,23,28). The Balaban J connectivity index is 1.38. The third-order valence-corrected chi connectivity index (χ3v) is 5.02. The van der Waals surface area contributed by atoms with E-state index in [1.165, 1.54) is 11.3 Å². The second-order valence-corrected chi connectivity index (χ2v) is 7.46. The fraction of sp³-hybridized carbons (Fsp3) is 0.150. The number of nitrogens with one attached hydrogen (secondary N) is 2. The van der Waals surface area contributed by atoms with Crippen LogP contribution in [0.25, 0.3) is 5.78 Å². The summed E-state index contributed by atoms with van der Waals surface area (Å²) in [6.07, 6.45) is 0.0404. The summed E-state index contributed by atoms with van der Waals surface area (Å²) in [5.41, 5.74) is 3.04. The monoisotopic (exact) mass is 406 g/mol. The first-order valence-corrected chi connectivity index (χ1v) is 9.80. The highest BCUT2D eigenvalue weighted by atomic mass is 32.1. The van der Waals surface area contributed by atoms with Gasteiger partial charge < -0.3 is 10.6 Å². The number of amides is 2. The van der Waals surface area contributed by atoms with Gasteiger partial charge in [-0.3, -0.25) is 9.59 Å². The number of aryl methyl sites for hydroxylation is 2. The second kappa shape index (κ2) is 7.80. The van der Waals surface area contributed by atoms with Crippen LogP contribution in [-0.4, -0.2) is 31.4 Å². The van der Waals surface area contributed by atoms with Crippen molar-refractivity contribution in [2.24, 2.45) is 0 Å². The molecule has 0 radical (unpaired) electrons. The number of hydrogen-bond donors (Lipinski definition) is 2. The van der Waals surface area contributed by atoms with Gasteiger partial charge in [0, 0.05) is 22.8 Å². The van der Waals surface area contributed by atoms with Crippen molar-refractivity contribution in [2.75, 3.05) is 10.6 Å². The minimum absolute atomic E-state index is 0.0404. The number of fused-ring (bicyclic) bond motifs is 1. The van der Waals surface area contributed by atoms with Crippen molar-refractivity contribution in [3.8, 4) is 0 Å². The average molecular weight is 406 g/mol. The number of thiophene rings is 1. The summed E-state index contributed by atoms with van der Waals surface area (Å²) in [4.78, 5) is 33.7. The van der Waals surface area contributed by atoms with Gasteiger partial charge in [-0.05, 0) is 55.6 Å².